The highest BCUT2D eigenvalue weighted by Gasteiger charge is 2.19. The number of benzene rings is 2. The standard InChI is InChI=1S/C16H16FNS/c17-15-8-4-2-5-12(15)9-18-16-11-19-10-13-6-1-3-7-14(13)16/h1-8,16,18H,9-11H2. The number of halogens is 1. The first-order valence-electron chi connectivity index (χ1n) is 6.47. The quantitative estimate of drug-likeness (QED) is 0.910. The largest absolute Gasteiger partial charge is 0.305 e. The van der Waals surface area contributed by atoms with Crippen molar-refractivity contribution in [2.45, 2.75) is 18.3 Å². The van der Waals surface area contributed by atoms with Crippen molar-refractivity contribution < 1.29 is 4.39 Å². The molecule has 3 heteroatoms. The van der Waals surface area contributed by atoms with Crippen LogP contribution in [0.1, 0.15) is 22.7 Å². The molecule has 0 aromatic heterocycles. The molecule has 1 unspecified atom stereocenters. The maximum absolute atomic E-state index is 13.6. The minimum Gasteiger partial charge on any atom is -0.305 e. The normalized spacial score (nSPS) is 18.1. The van der Waals surface area contributed by atoms with E-state index in [4.69, 9.17) is 0 Å². The third-order valence-corrected chi connectivity index (χ3v) is 4.55. The minimum atomic E-state index is -0.133. The van der Waals surface area contributed by atoms with Gasteiger partial charge >= 0.3 is 0 Å². The zero-order valence-electron chi connectivity index (χ0n) is 10.6. The third-order valence-electron chi connectivity index (χ3n) is 3.47. The van der Waals surface area contributed by atoms with Crippen LogP contribution in [0.3, 0.4) is 0 Å². The van der Waals surface area contributed by atoms with Crippen LogP contribution < -0.4 is 5.32 Å². The molecule has 0 fully saturated rings. The van der Waals surface area contributed by atoms with Crippen LogP contribution >= 0.6 is 11.8 Å². The van der Waals surface area contributed by atoms with E-state index in [1.165, 1.54) is 17.2 Å². The van der Waals surface area contributed by atoms with Gasteiger partial charge in [0.1, 0.15) is 5.82 Å². The van der Waals surface area contributed by atoms with E-state index >= 15 is 0 Å². The van der Waals surface area contributed by atoms with Crippen molar-refractivity contribution in [3.63, 3.8) is 0 Å². The zero-order chi connectivity index (χ0) is 13.1. The van der Waals surface area contributed by atoms with Gasteiger partial charge in [-0.25, -0.2) is 4.39 Å². The zero-order valence-corrected chi connectivity index (χ0v) is 11.4. The average Bonchev–Trinajstić information content (AvgIpc) is 2.46. The number of fused-ring (bicyclic) bond motifs is 1. The molecule has 1 heterocycles. The van der Waals surface area contributed by atoms with E-state index in [-0.39, 0.29) is 5.82 Å². The van der Waals surface area contributed by atoms with Gasteiger partial charge < -0.3 is 5.32 Å². The molecule has 2 aromatic rings. The Hall–Kier alpha value is -1.32. The number of hydrogen-bond acceptors (Lipinski definition) is 2. The molecule has 0 spiro atoms. The Kier molecular flexibility index (Phi) is 3.85. The summed E-state index contributed by atoms with van der Waals surface area (Å²) in [5.41, 5.74) is 3.48. The van der Waals surface area contributed by atoms with E-state index in [1.54, 1.807) is 6.07 Å². The second-order valence-electron chi connectivity index (χ2n) is 4.74. The van der Waals surface area contributed by atoms with E-state index < -0.39 is 0 Å². The second-order valence-corrected chi connectivity index (χ2v) is 5.77. The molecule has 0 aliphatic carbocycles. The fourth-order valence-corrected chi connectivity index (χ4v) is 3.56. The topological polar surface area (TPSA) is 12.0 Å². The molecule has 1 nitrogen and oxygen atoms in total. The van der Waals surface area contributed by atoms with Crippen molar-refractivity contribution >= 4 is 11.8 Å². The fourth-order valence-electron chi connectivity index (χ4n) is 2.43. The lowest BCUT2D eigenvalue weighted by Gasteiger charge is -2.26. The van der Waals surface area contributed by atoms with Crippen LogP contribution in [0.25, 0.3) is 0 Å². The van der Waals surface area contributed by atoms with E-state index in [0.717, 1.165) is 17.1 Å². The van der Waals surface area contributed by atoms with Crippen LogP contribution in [0.5, 0.6) is 0 Å². The predicted molar refractivity (Wildman–Crippen MR) is 78.6 cm³/mol. The lowest BCUT2D eigenvalue weighted by molar-refractivity contribution is 0.545. The molecule has 0 saturated heterocycles. The van der Waals surface area contributed by atoms with E-state index in [0.29, 0.717) is 12.6 Å². The molecule has 1 aliphatic heterocycles. The van der Waals surface area contributed by atoms with E-state index in [2.05, 4.69) is 29.6 Å². The van der Waals surface area contributed by atoms with Crippen molar-refractivity contribution in [2.24, 2.45) is 0 Å². The summed E-state index contributed by atoms with van der Waals surface area (Å²) in [7, 11) is 0. The van der Waals surface area contributed by atoms with Gasteiger partial charge in [0.05, 0.1) is 0 Å². The van der Waals surface area contributed by atoms with Gasteiger partial charge in [-0.1, -0.05) is 42.5 Å². The molecule has 0 saturated carbocycles. The van der Waals surface area contributed by atoms with Gasteiger partial charge in [-0.2, -0.15) is 11.8 Å². The molecule has 0 bridgehead atoms. The molecule has 1 N–H and O–H groups in total. The molecule has 98 valence electrons. The molecule has 3 rings (SSSR count). The summed E-state index contributed by atoms with van der Waals surface area (Å²) in [6, 6.07) is 15.8. The number of thioether (sulfide) groups is 1. The molecular formula is C16H16FNS. The van der Waals surface area contributed by atoms with Gasteiger partial charge in [0.15, 0.2) is 0 Å². The van der Waals surface area contributed by atoms with E-state index in [1.807, 2.05) is 23.9 Å². The lowest BCUT2D eigenvalue weighted by Crippen LogP contribution is -2.26. The Morgan fingerprint density at radius 3 is 2.79 bits per heavy atom. The molecule has 2 aromatic carbocycles. The Balaban J connectivity index is 1.73. The van der Waals surface area contributed by atoms with Crippen LogP contribution in [0, 0.1) is 5.82 Å². The molecule has 1 atom stereocenters. The fraction of sp³-hybridized carbons (Fsp3) is 0.250. The number of nitrogens with one attached hydrogen (secondary N) is 1. The molecular weight excluding hydrogens is 257 g/mol. The highest BCUT2D eigenvalue weighted by atomic mass is 32.2. The summed E-state index contributed by atoms with van der Waals surface area (Å²) in [4.78, 5) is 0. The summed E-state index contributed by atoms with van der Waals surface area (Å²) >= 11 is 1.93. The smallest absolute Gasteiger partial charge is 0.127 e. The molecule has 19 heavy (non-hydrogen) atoms. The summed E-state index contributed by atoms with van der Waals surface area (Å²) in [5, 5.41) is 3.47. The van der Waals surface area contributed by atoms with Crippen LogP contribution in [0.4, 0.5) is 4.39 Å². The Bertz CT molecular complexity index is 570. The van der Waals surface area contributed by atoms with Crippen molar-refractivity contribution in [3.05, 3.63) is 71.0 Å². The minimum absolute atomic E-state index is 0.133. The van der Waals surface area contributed by atoms with Crippen molar-refractivity contribution in [1.29, 1.82) is 0 Å². The molecule has 0 amide bonds. The van der Waals surface area contributed by atoms with Gasteiger partial charge in [-0.05, 0) is 17.2 Å². The SMILES string of the molecule is Fc1ccccc1CNC1CSCc2ccccc21. The summed E-state index contributed by atoms with van der Waals surface area (Å²) in [5.74, 6) is 1.99. The monoisotopic (exact) mass is 273 g/mol. The predicted octanol–water partition coefficient (Wildman–Crippen LogP) is 3.90. The first-order valence-corrected chi connectivity index (χ1v) is 7.62. The molecule has 0 radical (unpaired) electrons. The van der Waals surface area contributed by atoms with Gasteiger partial charge in [0.2, 0.25) is 0 Å². The number of rotatable bonds is 3. The first kappa shape index (κ1) is 12.7. The highest BCUT2D eigenvalue weighted by Crippen LogP contribution is 2.31. The van der Waals surface area contributed by atoms with Gasteiger partial charge in [0.25, 0.3) is 0 Å². The van der Waals surface area contributed by atoms with Crippen LogP contribution in [-0.4, -0.2) is 5.75 Å². The van der Waals surface area contributed by atoms with Gasteiger partial charge in [-0.15, -0.1) is 0 Å². The van der Waals surface area contributed by atoms with Crippen molar-refractivity contribution in [2.75, 3.05) is 5.75 Å². The summed E-state index contributed by atoms with van der Waals surface area (Å²) in [6.45, 7) is 0.576. The summed E-state index contributed by atoms with van der Waals surface area (Å²) in [6.07, 6.45) is 0. The maximum Gasteiger partial charge on any atom is 0.127 e. The summed E-state index contributed by atoms with van der Waals surface area (Å²) < 4.78 is 13.6. The average molecular weight is 273 g/mol. The second kappa shape index (κ2) is 5.76. The van der Waals surface area contributed by atoms with Gasteiger partial charge in [0, 0.05) is 29.7 Å². The van der Waals surface area contributed by atoms with Crippen LogP contribution in [0.2, 0.25) is 0 Å². The Morgan fingerprint density at radius 1 is 1.11 bits per heavy atom. The lowest BCUT2D eigenvalue weighted by atomic mass is 10.0. The van der Waals surface area contributed by atoms with Crippen molar-refractivity contribution in [3.8, 4) is 0 Å². The van der Waals surface area contributed by atoms with E-state index in [9.17, 15) is 4.39 Å². The van der Waals surface area contributed by atoms with Crippen LogP contribution in [-0.2, 0) is 12.3 Å². The van der Waals surface area contributed by atoms with Gasteiger partial charge in [-0.3, -0.25) is 0 Å². The highest BCUT2D eigenvalue weighted by molar-refractivity contribution is 7.98. The number of hydrogen-bond donors (Lipinski definition) is 1. The third kappa shape index (κ3) is 2.82. The van der Waals surface area contributed by atoms with Crippen molar-refractivity contribution in [1.82, 2.24) is 5.32 Å². The van der Waals surface area contributed by atoms with Crippen LogP contribution in [0.15, 0.2) is 48.5 Å². The molecule has 1 aliphatic rings. The Labute approximate surface area is 117 Å². The maximum atomic E-state index is 13.6. The Morgan fingerprint density at radius 2 is 1.89 bits per heavy atom. The first-order chi connectivity index (χ1) is 9.34.